The van der Waals surface area contributed by atoms with Crippen LogP contribution in [0.3, 0.4) is 0 Å². The van der Waals surface area contributed by atoms with E-state index in [4.69, 9.17) is 5.73 Å². The molecule has 0 saturated heterocycles. The van der Waals surface area contributed by atoms with Crippen LogP contribution in [0.2, 0.25) is 0 Å². The van der Waals surface area contributed by atoms with Gasteiger partial charge in [-0.15, -0.1) is 0 Å². The van der Waals surface area contributed by atoms with Crippen LogP contribution in [-0.2, 0) is 0 Å². The van der Waals surface area contributed by atoms with Gasteiger partial charge in [0, 0.05) is 18.8 Å². The lowest BCUT2D eigenvalue weighted by atomic mass is 10.0. The van der Waals surface area contributed by atoms with Crippen LogP contribution < -0.4 is 10.6 Å². The molecule has 106 valence electrons. The van der Waals surface area contributed by atoms with Crippen molar-refractivity contribution in [1.29, 1.82) is 0 Å². The van der Waals surface area contributed by atoms with Crippen molar-refractivity contribution in [2.24, 2.45) is 5.73 Å². The summed E-state index contributed by atoms with van der Waals surface area (Å²) in [5.74, 6) is -0.220. The molecule has 2 N–H and O–H groups in total. The van der Waals surface area contributed by atoms with Crippen molar-refractivity contribution in [3.05, 3.63) is 65.5 Å². The number of nitrogens with two attached hydrogens (primary N) is 1. The van der Waals surface area contributed by atoms with E-state index in [-0.39, 0.29) is 11.9 Å². The Morgan fingerprint density at radius 2 is 1.65 bits per heavy atom. The fourth-order valence-corrected chi connectivity index (χ4v) is 2.45. The molecule has 0 aromatic heterocycles. The Labute approximate surface area is 120 Å². The minimum absolute atomic E-state index is 0.0586. The van der Waals surface area contributed by atoms with E-state index in [0.29, 0.717) is 6.54 Å². The molecule has 1 unspecified atom stereocenters. The highest BCUT2D eigenvalue weighted by atomic mass is 19.1. The highest BCUT2D eigenvalue weighted by molar-refractivity contribution is 5.50. The molecule has 20 heavy (non-hydrogen) atoms. The molecule has 3 heteroatoms. The number of hydrogen-bond acceptors (Lipinski definition) is 2. The zero-order valence-corrected chi connectivity index (χ0v) is 12.0. The molecule has 0 amide bonds. The van der Waals surface area contributed by atoms with Gasteiger partial charge >= 0.3 is 0 Å². The first kappa shape index (κ1) is 14.5. The maximum atomic E-state index is 13.1. The van der Waals surface area contributed by atoms with Crippen molar-refractivity contribution >= 4 is 5.69 Å². The van der Waals surface area contributed by atoms with E-state index in [9.17, 15) is 4.39 Å². The molecule has 0 aliphatic heterocycles. The summed E-state index contributed by atoms with van der Waals surface area (Å²) < 4.78 is 13.1. The molecule has 0 saturated carbocycles. The zero-order valence-electron chi connectivity index (χ0n) is 12.0. The first-order valence-corrected chi connectivity index (χ1v) is 6.94. The van der Waals surface area contributed by atoms with Crippen LogP contribution in [0.4, 0.5) is 10.1 Å². The molecule has 0 bridgehead atoms. The molecule has 0 aliphatic carbocycles. The van der Waals surface area contributed by atoms with E-state index < -0.39 is 0 Å². The van der Waals surface area contributed by atoms with Crippen LogP contribution in [0.5, 0.6) is 0 Å². The summed E-state index contributed by atoms with van der Waals surface area (Å²) >= 11 is 0. The number of halogens is 1. The molecular weight excluding hydrogens is 251 g/mol. The summed E-state index contributed by atoms with van der Waals surface area (Å²) in [5.41, 5.74) is 9.36. The molecule has 0 spiro atoms. The molecule has 0 heterocycles. The van der Waals surface area contributed by atoms with Crippen LogP contribution in [0.15, 0.2) is 48.5 Å². The second-order valence-electron chi connectivity index (χ2n) is 4.92. The van der Waals surface area contributed by atoms with Crippen molar-refractivity contribution in [3.63, 3.8) is 0 Å². The fourth-order valence-electron chi connectivity index (χ4n) is 2.45. The Bertz CT molecular complexity index is 482. The largest absolute Gasteiger partial charge is 0.363 e. The number of likely N-dealkylation sites (N-methyl/N-ethyl adjacent to an activating group) is 1. The van der Waals surface area contributed by atoms with Gasteiger partial charge in [0.05, 0.1) is 6.04 Å². The summed E-state index contributed by atoms with van der Waals surface area (Å²) in [6, 6.07) is 15.0. The second kappa shape index (κ2) is 6.53. The maximum absolute atomic E-state index is 13.1. The van der Waals surface area contributed by atoms with Gasteiger partial charge in [0.25, 0.3) is 0 Å². The van der Waals surface area contributed by atoms with Crippen molar-refractivity contribution in [3.8, 4) is 0 Å². The fraction of sp³-hybridized carbons (Fsp3) is 0.294. The van der Waals surface area contributed by atoms with Crippen LogP contribution in [-0.4, -0.2) is 13.1 Å². The summed E-state index contributed by atoms with van der Waals surface area (Å²) in [4.78, 5) is 2.24. The average Bonchev–Trinajstić information content (AvgIpc) is 2.47. The van der Waals surface area contributed by atoms with Crippen molar-refractivity contribution < 1.29 is 4.39 Å². The SMILES string of the molecule is CCN(c1ccc(C)cc1)C(CN)c1ccc(F)cc1. The Balaban J connectivity index is 2.32. The highest BCUT2D eigenvalue weighted by Crippen LogP contribution is 2.26. The van der Waals surface area contributed by atoms with Gasteiger partial charge < -0.3 is 10.6 Å². The number of rotatable bonds is 5. The molecule has 0 fully saturated rings. The van der Waals surface area contributed by atoms with Crippen molar-refractivity contribution in [2.45, 2.75) is 19.9 Å². The monoisotopic (exact) mass is 272 g/mol. The highest BCUT2D eigenvalue weighted by Gasteiger charge is 2.18. The molecule has 0 radical (unpaired) electrons. The predicted octanol–water partition coefficient (Wildman–Crippen LogP) is 3.66. The van der Waals surface area contributed by atoms with E-state index in [1.54, 1.807) is 0 Å². The molecule has 2 aromatic rings. The number of benzene rings is 2. The molecular formula is C17H21FN2. The smallest absolute Gasteiger partial charge is 0.123 e. The van der Waals surface area contributed by atoms with E-state index >= 15 is 0 Å². The Hall–Kier alpha value is -1.87. The second-order valence-corrected chi connectivity index (χ2v) is 4.92. The molecule has 1 atom stereocenters. The first-order valence-electron chi connectivity index (χ1n) is 6.94. The zero-order chi connectivity index (χ0) is 14.5. The van der Waals surface area contributed by atoms with Gasteiger partial charge in [0.2, 0.25) is 0 Å². The van der Waals surface area contributed by atoms with Crippen molar-refractivity contribution in [1.82, 2.24) is 0 Å². The van der Waals surface area contributed by atoms with Crippen LogP contribution >= 0.6 is 0 Å². The van der Waals surface area contributed by atoms with Gasteiger partial charge in [-0.2, -0.15) is 0 Å². The first-order chi connectivity index (χ1) is 9.65. The Kier molecular flexibility index (Phi) is 4.74. The van der Waals surface area contributed by atoms with E-state index in [1.807, 2.05) is 12.1 Å². The third-order valence-electron chi connectivity index (χ3n) is 3.56. The summed E-state index contributed by atoms with van der Waals surface area (Å²) in [7, 11) is 0. The lowest BCUT2D eigenvalue weighted by Crippen LogP contribution is -2.33. The normalized spacial score (nSPS) is 12.2. The minimum Gasteiger partial charge on any atom is -0.363 e. The lowest BCUT2D eigenvalue weighted by Gasteiger charge is -2.32. The van der Waals surface area contributed by atoms with Gasteiger partial charge in [-0.3, -0.25) is 0 Å². The molecule has 2 aromatic carbocycles. The Morgan fingerprint density at radius 3 is 2.15 bits per heavy atom. The van der Waals surface area contributed by atoms with E-state index in [1.165, 1.54) is 17.7 Å². The topological polar surface area (TPSA) is 29.3 Å². The molecule has 2 nitrogen and oxygen atoms in total. The van der Waals surface area contributed by atoms with E-state index in [2.05, 4.69) is 43.0 Å². The number of nitrogens with zero attached hydrogens (tertiary/aromatic N) is 1. The maximum Gasteiger partial charge on any atom is 0.123 e. The Morgan fingerprint density at radius 1 is 1.05 bits per heavy atom. The third kappa shape index (κ3) is 3.17. The lowest BCUT2D eigenvalue weighted by molar-refractivity contribution is 0.617. The summed E-state index contributed by atoms with van der Waals surface area (Å²) in [6.45, 7) is 5.52. The molecule has 2 rings (SSSR count). The quantitative estimate of drug-likeness (QED) is 0.900. The van der Waals surface area contributed by atoms with Gasteiger partial charge in [-0.1, -0.05) is 29.8 Å². The van der Waals surface area contributed by atoms with Crippen LogP contribution in [0.25, 0.3) is 0 Å². The molecule has 0 aliphatic rings. The average molecular weight is 272 g/mol. The number of aryl methyl sites for hydroxylation is 1. The van der Waals surface area contributed by atoms with Gasteiger partial charge in [-0.25, -0.2) is 4.39 Å². The summed E-state index contributed by atoms with van der Waals surface area (Å²) in [6.07, 6.45) is 0. The third-order valence-corrected chi connectivity index (χ3v) is 3.56. The number of anilines is 1. The minimum atomic E-state index is -0.220. The standard InChI is InChI=1S/C17H21FN2/c1-3-20(16-10-4-13(2)5-11-16)17(12-19)14-6-8-15(18)9-7-14/h4-11,17H,3,12,19H2,1-2H3. The van der Waals surface area contributed by atoms with Gasteiger partial charge in [-0.05, 0) is 43.7 Å². The van der Waals surface area contributed by atoms with Gasteiger partial charge in [0.1, 0.15) is 5.82 Å². The van der Waals surface area contributed by atoms with Crippen LogP contribution in [0, 0.1) is 12.7 Å². The number of hydrogen-bond donors (Lipinski definition) is 1. The summed E-state index contributed by atoms with van der Waals surface area (Å²) in [5, 5.41) is 0. The van der Waals surface area contributed by atoms with Gasteiger partial charge in [0.15, 0.2) is 0 Å². The van der Waals surface area contributed by atoms with Crippen molar-refractivity contribution in [2.75, 3.05) is 18.0 Å². The van der Waals surface area contributed by atoms with Crippen LogP contribution in [0.1, 0.15) is 24.1 Å². The van der Waals surface area contributed by atoms with E-state index in [0.717, 1.165) is 17.8 Å². The predicted molar refractivity (Wildman–Crippen MR) is 82.4 cm³/mol.